The summed E-state index contributed by atoms with van der Waals surface area (Å²) in [5.41, 5.74) is 1.20. The van der Waals surface area contributed by atoms with Gasteiger partial charge in [0.05, 0.1) is 22.6 Å². The molecule has 1 aliphatic rings. The van der Waals surface area contributed by atoms with Crippen molar-refractivity contribution in [2.24, 2.45) is 5.92 Å². The zero-order valence-electron chi connectivity index (χ0n) is 18.6. The van der Waals surface area contributed by atoms with Gasteiger partial charge in [-0.1, -0.05) is 23.7 Å². The highest BCUT2D eigenvalue weighted by atomic mass is 35.5. The molecule has 0 saturated carbocycles. The number of nitro benzene ring substituents is 1. The van der Waals surface area contributed by atoms with Crippen molar-refractivity contribution in [3.05, 3.63) is 74.6 Å². The van der Waals surface area contributed by atoms with E-state index in [-0.39, 0.29) is 22.2 Å². The molecule has 0 bridgehead atoms. The van der Waals surface area contributed by atoms with Gasteiger partial charge in [-0.3, -0.25) is 14.9 Å². The normalized spacial score (nSPS) is 14.1. The van der Waals surface area contributed by atoms with Crippen molar-refractivity contribution in [3.63, 3.8) is 0 Å². The predicted octanol–water partition coefficient (Wildman–Crippen LogP) is 4.35. The number of anilines is 1. The Hall–Kier alpha value is -3.24. The second kappa shape index (κ2) is 10.8. The lowest BCUT2D eigenvalue weighted by Gasteiger charge is -2.31. The van der Waals surface area contributed by atoms with Crippen molar-refractivity contribution in [3.8, 4) is 5.75 Å². The largest absolute Gasteiger partial charge is 0.497 e. The molecule has 0 atom stereocenters. The number of amides is 1. The molecule has 34 heavy (non-hydrogen) atoms. The van der Waals surface area contributed by atoms with Gasteiger partial charge in [-0.15, -0.1) is 0 Å². The molecule has 1 N–H and O–H groups in total. The zero-order valence-corrected chi connectivity index (χ0v) is 20.1. The number of aromatic nitrogens is 2. The number of nitrogens with zero attached hydrogens (tertiary/aromatic N) is 4. The number of nitro groups is 1. The summed E-state index contributed by atoms with van der Waals surface area (Å²) >= 11 is 7.46. The highest BCUT2D eigenvalue weighted by Gasteiger charge is 2.23. The number of rotatable bonds is 8. The molecule has 0 aliphatic carbocycles. The molecule has 2 aromatic carbocycles. The topological polar surface area (TPSA) is 110 Å². The predicted molar refractivity (Wildman–Crippen MR) is 131 cm³/mol. The number of hydrogen-bond acceptors (Lipinski definition) is 8. The summed E-state index contributed by atoms with van der Waals surface area (Å²) in [6.07, 6.45) is 2.49. The first-order valence-electron chi connectivity index (χ1n) is 10.9. The molecule has 0 radical (unpaired) electrons. The third-order valence-corrected chi connectivity index (χ3v) is 6.93. The Morgan fingerprint density at radius 3 is 2.79 bits per heavy atom. The van der Waals surface area contributed by atoms with E-state index in [2.05, 4.69) is 14.6 Å². The van der Waals surface area contributed by atoms with Crippen LogP contribution in [0, 0.1) is 16.0 Å². The van der Waals surface area contributed by atoms with E-state index in [1.54, 1.807) is 7.11 Å². The highest BCUT2D eigenvalue weighted by molar-refractivity contribution is 7.09. The first-order valence-corrected chi connectivity index (χ1v) is 12.0. The van der Waals surface area contributed by atoms with Crippen molar-refractivity contribution in [1.29, 1.82) is 0 Å². The SMILES string of the molecule is COc1cccc(Cc2nsc(N3CCC(CNC(=O)c4ccc([N+](=O)[O-])cc4Cl)CC3)n2)c1. The van der Waals surface area contributed by atoms with E-state index in [0.717, 1.165) is 48.2 Å². The van der Waals surface area contributed by atoms with Crippen LogP contribution in [-0.2, 0) is 6.42 Å². The Labute approximate surface area is 206 Å². The molecule has 9 nitrogen and oxygen atoms in total. The number of methoxy groups -OCH3 is 1. The summed E-state index contributed by atoms with van der Waals surface area (Å²) in [5.74, 6) is 1.62. The molecule has 2 heterocycles. The highest BCUT2D eigenvalue weighted by Crippen LogP contribution is 2.26. The van der Waals surface area contributed by atoms with Crippen molar-refractivity contribution >= 4 is 39.9 Å². The Bertz CT molecular complexity index is 1180. The average Bonchev–Trinajstić information content (AvgIpc) is 3.31. The fourth-order valence-corrected chi connectivity index (χ4v) is 4.87. The number of ether oxygens (including phenoxy) is 1. The number of piperidine rings is 1. The van der Waals surface area contributed by atoms with E-state index in [1.165, 1.54) is 29.7 Å². The maximum Gasteiger partial charge on any atom is 0.270 e. The number of halogens is 1. The summed E-state index contributed by atoms with van der Waals surface area (Å²) in [6.45, 7) is 2.20. The lowest BCUT2D eigenvalue weighted by atomic mass is 9.97. The molecule has 0 unspecified atom stereocenters. The molecule has 1 amide bonds. The van der Waals surface area contributed by atoms with E-state index in [1.807, 2.05) is 24.3 Å². The minimum absolute atomic E-state index is 0.0718. The van der Waals surface area contributed by atoms with Crippen molar-refractivity contribution in [2.75, 3.05) is 31.6 Å². The number of carbonyl (C=O) groups excluding carboxylic acids is 1. The van der Waals surface area contributed by atoms with Gasteiger partial charge in [-0.25, -0.2) is 4.98 Å². The van der Waals surface area contributed by atoms with Gasteiger partial charge in [-0.05, 0) is 42.5 Å². The lowest BCUT2D eigenvalue weighted by Crippen LogP contribution is -2.38. The lowest BCUT2D eigenvalue weighted by molar-refractivity contribution is -0.384. The molecule has 1 saturated heterocycles. The van der Waals surface area contributed by atoms with Crippen molar-refractivity contribution in [1.82, 2.24) is 14.7 Å². The fraction of sp³-hybridized carbons (Fsp3) is 0.348. The minimum atomic E-state index is -0.541. The van der Waals surface area contributed by atoms with Crippen LogP contribution in [0.25, 0.3) is 0 Å². The van der Waals surface area contributed by atoms with E-state index < -0.39 is 4.92 Å². The summed E-state index contributed by atoms with van der Waals surface area (Å²) < 4.78 is 9.79. The van der Waals surface area contributed by atoms with Crippen LogP contribution in [0.5, 0.6) is 5.75 Å². The molecule has 0 spiro atoms. The second-order valence-electron chi connectivity index (χ2n) is 8.08. The minimum Gasteiger partial charge on any atom is -0.497 e. The molecule has 11 heteroatoms. The van der Waals surface area contributed by atoms with Crippen LogP contribution in [0.2, 0.25) is 5.02 Å². The van der Waals surface area contributed by atoms with Crippen LogP contribution in [0.15, 0.2) is 42.5 Å². The quantitative estimate of drug-likeness (QED) is 0.361. The van der Waals surface area contributed by atoms with Crippen LogP contribution in [0.1, 0.15) is 34.6 Å². The summed E-state index contributed by atoms with van der Waals surface area (Å²) in [7, 11) is 1.65. The summed E-state index contributed by atoms with van der Waals surface area (Å²) in [5, 5.41) is 14.7. The van der Waals surface area contributed by atoms with Gasteiger partial charge >= 0.3 is 0 Å². The van der Waals surface area contributed by atoms with Crippen LogP contribution >= 0.6 is 23.1 Å². The maximum absolute atomic E-state index is 12.5. The molecular weight excluding hydrogens is 478 g/mol. The van der Waals surface area contributed by atoms with Crippen LogP contribution in [0.4, 0.5) is 10.8 Å². The molecular formula is C23H24ClN5O4S. The Kier molecular flexibility index (Phi) is 7.59. The van der Waals surface area contributed by atoms with Gasteiger partial charge in [0.1, 0.15) is 11.6 Å². The third kappa shape index (κ3) is 5.81. The van der Waals surface area contributed by atoms with Gasteiger partial charge in [0.15, 0.2) is 0 Å². The smallest absolute Gasteiger partial charge is 0.270 e. The molecule has 3 aromatic rings. The summed E-state index contributed by atoms with van der Waals surface area (Å²) in [6, 6.07) is 11.8. The Morgan fingerprint density at radius 2 is 2.09 bits per heavy atom. The maximum atomic E-state index is 12.5. The second-order valence-corrected chi connectivity index (χ2v) is 9.22. The number of non-ortho nitro benzene ring substituents is 1. The van der Waals surface area contributed by atoms with Crippen LogP contribution < -0.4 is 15.0 Å². The monoisotopic (exact) mass is 501 g/mol. The molecule has 1 aliphatic heterocycles. The van der Waals surface area contributed by atoms with Gasteiger partial charge < -0.3 is 15.0 Å². The number of carbonyl (C=O) groups is 1. The third-order valence-electron chi connectivity index (χ3n) is 5.80. The van der Waals surface area contributed by atoms with Gasteiger partial charge in [0.2, 0.25) is 5.13 Å². The van der Waals surface area contributed by atoms with E-state index in [9.17, 15) is 14.9 Å². The standard InChI is InChI=1S/C23H24ClN5O4S/c1-33-18-4-2-3-16(11-18)12-21-26-23(34-27-21)28-9-7-15(8-10-28)14-25-22(30)19-6-5-17(29(31)32)13-20(19)24/h2-6,11,13,15H,7-10,12,14H2,1H3,(H,25,30). The fourth-order valence-electron chi connectivity index (χ4n) is 3.87. The average molecular weight is 502 g/mol. The van der Waals surface area contributed by atoms with Crippen molar-refractivity contribution < 1.29 is 14.5 Å². The molecule has 1 aromatic heterocycles. The van der Waals surface area contributed by atoms with E-state index in [4.69, 9.17) is 21.3 Å². The van der Waals surface area contributed by atoms with Gasteiger partial charge in [0, 0.05) is 49.7 Å². The number of nitrogens with one attached hydrogen (secondary N) is 1. The van der Waals surface area contributed by atoms with Crippen molar-refractivity contribution in [2.45, 2.75) is 19.3 Å². The molecule has 178 valence electrons. The zero-order chi connectivity index (χ0) is 24.1. The van der Waals surface area contributed by atoms with Gasteiger partial charge in [-0.2, -0.15) is 4.37 Å². The Morgan fingerprint density at radius 1 is 1.29 bits per heavy atom. The first kappa shape index (κ1) is 23.9. The van der Waals surface area contributed by atoms with Crippen LogP contribution in [-0.4, -0.2) is 46.9 Å². The number of hydrogen-bond donors (Lipinski definition) is 1. The Balaban J connectivity index is 1.26. The molecule has 4 rings (SSSR count). The number of benzene rings is 2. The first-order chi connectivity index (χ1) is 16.4. The van der Waals surface area contributed by atoms with E-state index >= 15 is 0 Å². The summed E-state index contributed by atoms with van der Waals surface area (Å²) in [4.78, 5) is 29.7. The van der Waals surface area contributed by atoms with Crippen LogP contribution in [0.3, 0.4) is 0 Å². The van der Waals surface area contributed by atoms with Gasteiger partial charge in [0.25, 0.3) is 11.6 Å². The molecule has 1 fully saturated rings. The van der Waals surface area contributed by atoms with E-state index in [0.29, 0.717) is 18.9 Å².